The smallest absolute Gasteiger partial charge is 0.329 e. The molecule has 0 N–H and O–H groups in total. The van der Waals surface area contributed by atoms with Crippen LogP contribution in [-0.4, -0.2) is 29.4 Å². The van der Waals surface area contributed by atoms with E-state index >= 15 is 0 Å². The van der Waals surface area contributed by atoms with E-state index < -0.39 is 6.04 Å². The summed E-state index contributed by atoms with van der Waals surface area (Å²) in [4.78, 5) is 25.6. The lowest BCUT2D eigenvalue weighted by molar-refractivity contribution is -0.152. The Bertz CT molecular complexity index is 458. The molecular weight excluding hydrogens is 242 g/mol. The van der Waals surface area contributed by atoms with Crippen LogP contribution >= 0.6 is 0 Å². The van der Waals surface area contributed by atoms with E-state index in [1.165, 1.54) is 0 Å². The van der Waals surface area contributed by atoms with E-state index in [0.717, 1.165) is 5.56 Å². The minimum atomic E-state index is -0.451. The standard InChI is InChI=1S/C15H19NO3/c1-3-19-15(18)14-11(2)9-13(17)16(14)10-12-7-5-4-6-8-12/h4-8,11,14H,3,9-10H2,1-2H3/t11-,14+/m0/s1. The number of esters is 1. The van der Waals surface area contributed by atoms with Gasteiger partial charge in [-0.1, -0.05) is 37.3 Å². The first-order valence-electron chi connectivity index (χ1n) is 6.63. The molecule has 1 saturated heterocycles. The summed E-state index contributed by atoms with van der Waals surface area (Å²) in [7, 11) is 0. The lowest BCUT2D eigenvalue weighted by Gasteiger charge is -2.25. The fourth-order valence-corrected chi connectivity index (χ4v) is 2.52. The molecule has 0 bridgehead atoms. The number of benzene rings is 1. The number of carbonyl (C=O) groups excluding carboxylic acids is 2. The molecule has 1 amide bonds. The predicted molar refractivity (Wildman–Crippen MR) is 71.2 cm³/mol. The van der Waals surface area contributed by atoms with Crippen LogP contribution in [0.1, 0.15) is 25.8 Å². The van der Waals surface area contributed by atoms with Crippen molar-refractivity contribution in [2.24, 2.45) is 5.92 Å². The van der Waals surface area contributed by atoms with Gasteiger partial charge >= 0.3 is 5.97 Å². The monoisotopic (exact) mass is 261 g/mol. The molecule has 1 aliphatic rings. The average Bonchev–Trinajstić information content (AvgIpc) is 2.66. The van der Waals surface area contributed by atoms with Crippen molar-refractivity contribution in [3.8, 4) is 0 Å². The number of hydrogen-bond donors (Lipinski definition) is 0. The van der Waals surface area contributed by atoms with Crippen molar-refractivity contribution in [3.63, 3.8) is 0 Å². The van der Waals surface area contributed by atoms with E-state index in [4.69, 9.17) is 4.74 Å². The van der Waals surface area contributed by atoms with Gasteiger partial charge in [0.2, 0.25) is 5.91 Å². The Morgan fingerprint density at radius 2 is 2.05 bits per heavy atom. The third kappa shape index (κ3) is 2.95. The van der Waals surface area contributed by atoms with Crippen LogP contribution in [0, 0.1) is 5.92 Å². The second kappa shape index (κ2) is 5.87. The first-order chi connectivity index (χ1) is 9.13. The number of nitrogens with zero attached hydrogens (tertiary/aromatic N) is 1. The highest BCUT2D eigenvalue weighted by Gasteiger charge is 2.42. The summed E-state index contributed by atoms with van der Waals surface area (Å²) >= 11 is 0. The van der Waals surface area contributed by atoms with Gasteiger partial charge in [-0.25, -0.2) is 4.79 Å². The van der Waals surface area contributed by atoms with E-state index in [0.29, 0.717) is 19.6 Å². The van der Waals surface area contributed by atoms with Gasteiger partial charge < -0.3 is 9.64 Å². The molecule has 1 aliphatic heterocycles. The molecule has 0 aliphatic carbocycles. The lowest BCUT2D eigenvalue weighted by atomic mass is 10.0. The van der Waals surface area contributed by atoms with Gasteiger partial charge in [-0.15, -0.1) is 0 Å². The molecule has 1 heterocycles. The second-order valence-corrected chi connectivity index (χ2v) is 4.89. The molecule has 1 fully saturated rings. The zero-order valence-electron chi connectivity index (χ0n) is 11.3. The summed E-state index contributed by atoms with van der Waals surface area (Å²) in [5.74, 6) is -0.263. The van der Waals surface area contributed by atoms with Crippen molar-refractivity contribution in [1.82, 2.24) is 4.90 Å². The van der Waals surface area contributed by atoms with Gasteiger partial charge in [0.05, 0.1) is 6.61 Å². The van der Waals surface area contributed by atoms with E-state index in [2.05, 4.69) is 0 Å². The van der Waals surface area contributed by atoms with Gasteiger partial charge in [-0.3, -0.25) is 4.79 Å². The van der Waals surface area contributed by atoms with Gasteiger partial charge in [-0.2, -0.15) is 0 Å². The molecule has 19 heavy (non-hydrogen) atoms. The maximum absolute atomic E-state index is 12.0. The first-order valence-corrected chi connectivity index (χ1v) is 6.63. The van der Waals surface area contributed by atoms with E-state index in [1.807, 2.05) is 37.3 Å². The van der Waals surface area contributed by atoms with Crippen LogP contribution in [0.25, 0.3) is 0 Å². The molecule has 1 aromatic carbocycles. The summed E-state index contributed by atoms with van der Waals surface area (Å²) < 4.78 is 5.08. The van der Waals surface area contributed by atoms with Crippen LogP contribution in [0.3, 0.4) is 0 Å². The lowest BCUT2D eigenvalue weighted by Crippen LogP contribution is -2.41. The van der Waals surface area contributed by atoms with Crippen molar-refractivity contribution in [2.75, 3.05) is 6.61 Å². The first kappa shape index (κ1) is 13.6. The fraction of sp³-hybridized carbons (Fsp3) is 0.467. The van der Waals surface area contributed by atoms with Crippen molar-refractivity contribution in [2.45, 2.75) is 32.9 Å². The highest BCUT2D eigenvalue weighted by molar-refractivity contribution is 5.88. The minimum Gasteiger partial charge on any atom is -0.464 e. The van der Waals surface area contributed by atoms with Gasteiger partial charge in [0.15, 0.2) is 0 Å². The Morgan fingerprint density at radius 3 is 2.68 bits per heavy atom. The SMILES string of the molecule is CCOC(=O)[C@H]1[C@@H](C)CC(=O)N1Cc1ccccc1. The number of amides is 1. The van der Waals surface area contributed by atoms with Crippen LogP contribution in [-0.2, 0) is 20.9 Å². The van der Waals surface area contributed by atoms with Crippen LogP contribution in [0.2, 0.25) is 0 Å². The largest absolute Gasteiger partial charge is 0.464 e. The van der Waals surface area contributed by atoms with Gasteiger partial charge in [0, 0.05) is 13.0 Å². The Balaban J connectivity index is 2.16. The molecule has 102 valence electrons. The summed E-state index contributed by atoms with van der Waals surface area (Å²) in [6.07, 6.45) is 0.413. The van der Waals surface area contributed by atoms with E-state index in [9.17, 15) is 9.59 Å². The van der Waals surface area contributed by atoms with Crippen LogP contribution in [0.15, 0.2) is 30.3 Å². The van der Waals surface area contributed by atoms with E-state index in [-0.39, 0.29) is 17.8 Å². The van der Waals surface area contributed by atoms with Gasteiger partial charge in [0.25, 0.3) is 0 Å². The second-order valence-electron chi connectivity index (χ2n) is 4.89. The number of rotatable bonds is 4. The summed E-state index contributed by atoms with van der Waals surface area (Å²) in [5, 5.41) is 0. The molecule has 0 aromatic heterocycles. The quantitative estimate of drug-likeness (QED) is 0.779. The summed E-state index contributed by atoms with van der Waals surface area (Å²) in [6, 6.07) is 9.25. The highest BCUT2D eigenvalue weighted by Crippen LogP contribution is 2.27. The molecule has 0 spiro atoms. The molecule has 4 heteroatoms. The Hall–Kier alpha value is -1.84. The van der Waals surface area contributed by atoms with Crippen LogP contribution in [0.5, 0.6) is 0 Å². The molecule has 0 radical (unpaired) electrons. The van der Waals surface area contributed by atoms with Crippen LogP contribution in [0.4, 0.5) is 0 Å². The average molecular weight is 261 g/mol. The third-order valence-electron chi connectivity index (χ3n) is 3.42. The molecular formula is C15H19NO3. The van der Waals surface area contributed by atoms with Crippen LogP contribution < -0.4 is 0 Å². The zero-order valence-corrected chi connectivity index (χ0v) is 11.3. The molecule has 1 aromatic rings. The third-order valence-corrected chi connectivity index (χ3v) is 3.42. The van der Waals surface area contributed by atoms with Crippen molar-refractivity contribution in [3.05, 3.63) is 35.9 Å². The number of carbonyl (C=O) groups is 2. The summed E-state index contributed by atoms with van der Waals surface area (Å²) in [6.45, 7) is 4.51. The minimum absolute atomic E-state index is 0.00950. The fourth-order valence-electron chi connectivity index (χ4n) is 2.52. The Kier molecular flexibility index (Phi) is 4.20. The molecule has 2 atom stereocenters. The van der Waals surface area contributed by atoms with Crippen molar-refractivity contribution in [1.29, 1.82) is 0 Å². The van der Waals surface area contributed by atoms with E-state index in [1.54, 1.807) is 11.8 Å². The molecule has 0 saturated carbocycles. The molecule has 4 nitrogen and oxygen atoms in total. The Labute approximate surface area is 113 Å². The molecule has 0 unspecified atom stereocenters. The topological polar surface area (TPSA) is 46.6 Å². The normalized spacial score (nSPS) is 22.6. The maximum atomic E-state index is 12.0. The Morgan fingerprint density at radius 1 is 1.37 bits per heavy atom. The summed E-state index contributed by atoms with van der Waals surface area (Å²) in [5.41, 5.74) is 1.03. The number of ether oxygens (including phenoxy) is 1. The van der Waals surface area contributed by atoms with Gasteiger partial charge in [-0.05, 0) is 18.4 Å². The van der Waals surface area contributed by atoms with Gasteiger partial charge in [0.1, 0.15) is 6.04 Å². The maximum Gasteiger partial charge on any atom is 0.329 e. The predicted octanol–water partition coefficient (Wildman–Crippen LogP) is 1.99. The number of likely N-dealkylation sites (tertiary alicyclic amines) is 1. The zero-order chi connectivity index (χ0) is 13.8. The highest BCUT2D eigenvalue weighted by atomic mass is 16.5. The number of hydrogen-bond acceptors (Lipinski definition) is 3. The van der Waals surface area contributed by atoms with Crippen molar-refractivity contribution < 1.29 is 14.3 Å². The van der Waals surface area contributed by atoms with Crippen molar-refractivity contribution >= 4 is 11.9 Å². The molecule has 2 rings (SSSR count).